The average molecular weight is 516 g/mol. The molecule has 6 heteroatoms. The third kappa shape index (κ3) is 7.61. The Labute approximate surface area is 183 Å². The zero-order valence-electron chi connectivity index (χ0n) is 16.6. The summed E-state index contributed by atoms with van der Waals surface area (Å²) in [7, 11) is -3.48. The van der Waals surface area contributed by atoms with Crippen molar-refractivity contribution in [1.29, 1.82) is 0 Å². The number of rotatable bonds is 14. The third-order valence-electron chi connectivity index (χ3n) is 5.04. The first-order valence-corrected chi connectivity index (χ1v) is 13.0. The molecule has 156 valence electrons. The van der Waals surface area contributed by atoms with E-state index in [1.165, 1.54) is 44.9 Å². The van der Waals surface area contributed by atoms with Crippen LogP contribution in [0.1, 0.15) is 64.2 Å². The molecule has 2 rings (SSSR count). The molecule has 28 heavy (non-hydrogen) atoms. The van der Waals surface area contributed by atoms with Crippen LogP contribution in [0.5, 0.6) is 0 Å². The van der Waals surface area contributed by atoms with Gasteiger partial charge in [-0.1, -0.05) is 75.6 Å². The molecule has 0 aromatic heterocycles. The smallest absolute Gasteiger partial charge is 0.241 e. The number of hydrogen-bond acceptors (Lipinski definition) is 3. The fraction of sp³-hybridized carbons (Fsp3) is 0.545. The average Bonchev–Trinajstić information content (AvgIpc) is 2.69. The molecule has 0 amide bonds. The van der Waals surface area contributed by atoms with Crippen LogP contribution in [0.15, 0.2) is 41.3 Å². The standard InChI is InChI=1S/C22H33IN2O2S/c23-21-15-11-14-20-19(21)13-12-16-22(20)28(26,27)25-18-10-8-6-4-2-1-3-5-7-9-17-24/h11-16,25H,1-10,17-18,24H2. The van der Waals surface area contributed by atoms with Gasteiger partial charge in [0.05, 0.1) is 4.90 Å². The molecule has 0 saturated carbocycles. The molecule has 0 fully saturated rings. The zero-order valence-corrected chi connectivity index (χ0v) is 19.6. The topological polar surface area (TPSA) is 72.2 Å². The molecule has 3 N–H and O–H groups in total. The highest BCUT2D eigenvalue weighted by Crippen LogP contribution is 2.26. The maximum Gasteiger partial charge on any atom is 0.241 e. The molecule has 0 atom stereocenters. The van der Waals surface area contributed by atoms with Crippen LogP contribution in [0.4, 0.5) is 0 Å². The predicted octanol–water partition coefficient (Wildman–Crippen LogP) is 5.58. The van der Waals surface area contributed by atoms with E-state index in [-0.39, 0.29) is 0 Å². The Morgan fingerprint density at radius 3 is 1.93 bits per heavy atom. The summed E-state index contributed by atoms with van der Waals surface area (Å²) < 4.78 is 29.3. The van der Waals surface area contributed by atoms with Gasteiger partial charge >= 0.3 is 0 Å². The molecule has 2 aromatic carbocycles. The van der Waals surface area contributed by atoms with Crippen LogP contribution in [-0.2, 0) is 10.0 Å². The van der Waals surface area contributed by atoms with E-state index in [2.05, 4.69) is 27.3 Å². The maximum atomic E-state index is 12.7. The van der Waals surface area contributed by atoms with Crippen LogP contribution in [0, 0.1) is 3.57 Å². The lowest BCUT2D eigenvalue weighted by Crippen LogP contribution is -2.25. The van der Waals surface area contributed by atoms with Crippen molar-refractivity contribution in [2.24, 2.45) is 5.73 Å². The minimum atomic E-state index is -3.48. The molecule has 0 radical (unpaired) electrons. The first-order valence-electron chi connectivity index (χ1n) is 10.4. The van der Waals surface area contributed by atoms with Gasteiger partial charge in [0.2, 0.25) is 10.0 Å². The number of halogens is 1. The number of unbranched alkanes of at least 4 members (excludes halogenated alkanes) is 9. The highest BCUT2D eigenvalue weighted by molar-refractivity contribution is 14.1. The van der Waals surface area contributed by atoms with Crippen LogP contribution in [0.2, 0.25) is 0 Å². The number of fused-ring (bicyclic) bond motifs is 1. The number of benzene rings is 2. The SMILES string of the molecule is NCCCCCCCCCCCCNS(=O)(=O)c1cccc2c(I)cccc12. The zero-order chi connectivity index (χ0) is 20.2. The second-order valence-electron chi connectivity index (χ2n) is 7.31. The number of sulfonamides is 1. The molecule has 0 spiro atoms. The van der Waals surface area contributed by atoms with Crippen LogP contribution >= 0.6 is 22.6 Å². The van der Waals surface area contributed by atoms with Crippen LogP contribution in [0.25, 0.3) is 10.8 Å². The van der Waals surface area contributed by atoms with Gasteiger partial charge in [0.15, 0.2) is 0 Å². The van der Waals surface area contributed by atoms with E-state index < -0.39 is 10.0 Å². The molecule has 0 saturated heterocycles. The third-order valence-corrected chi connectivity index (χ3v) is 7.50. The number of nitrogens with one attached hydrogen (secondary N) is 1. The molecular formula is C22H33IN2O2S. The van der Waals surface area contributed by atoms with Gasteiger partial charge in [-0.2, -0.15) is 0 Å². The van der Waals surface area contributed by atoms with Crippen molar-refractivity contribution in [1.82, 2.24) is 4.72 Å². The highest BCUT2D eigenvalue weighted by atomic mass is 127. The summed E-state index contributed by atoms with van der Waals surface area (Å²) in [6, 6.07) is 11.2. The largest absolute Gasteiger partial charge is 0.330 e. The molecule has 0 heterocycles. The summed E-state index contributed by atoms with van der Waals surface area (Å²) >= 11 is 2.24. The van der Waals surface area contributed by atoms with Crippen molar-refractivity contribution in [2.45, 2.75) is 69.1 Å². The summed E-state index contributed by atoms with van der Waals surface area (Å²) in [5, 5.41) is 1.77. The quantitative estimate of drug-likeness (QED) is 0.254. The van der Waals surface area contributed by atoms with E-state index in [4.69, 9.17) is 5.73 Å². The molecule has 0 bridgehead atoms. The molecule has 0 aliphatic heterocycles. The van der Waals surface area contributed by atoms with Gasteiger partial charge < -0.3 is 5.73 Å². The van der Waals surface area contributed by atoms with Gasteiger partial charge in [-0.25, -0.2) is 13.1 Å². The van der Waals surface area contributed by atoms with Crippen molar-refractivity contribution in [3.8, 4) is 0 Å². The van der Waals surface area contributed by atoms with Gasteiger partial charge in [0.25, 0.3) is 0 Å². The van der Waals surface area contributed by atoms with Crippen LogP contribution in [-0.4, -0.2) is 21.5 Å². The summed E-state index contributed by atoms with van der Waals surface area (Å²) in [5.41, 5.74) is 5.50. The lowest BCUT2D eigenvalue weighted by molar-refractivity contribution is 0.546. The Morgan fingerprint density at radius 1 is 0.750 bits per heavy atom. The predicted molar refractivity (Wildman–Crippen MR) is 127 cm³/mol. The van der Waals surface area contributed by atoms with Gasteiger partial charge in [0, 0.05) is 15.5 Å². The summed E-state index contributed by atoms with van der Waals surface area (Å²) in [4.78, 5) is 0.373. The molecule has 4 nitrogen and oxygen atoms in total. The second kappa shape index (κ2) is 12.8. The van der Waals surface area contributed by atoms with E-state index in [1.54, 1.807) is 6.07 Å². The fourth-order valence-electron chi connectivity index (χ4n) is 3.44. The highest BCUT2D eigenvalue weighted by Gasteiger charge is 2.17. The Bertz CT molecular complexity index is 824. The Hall–Kier alpha value is -0.700. The summed E-state index contributed by atoms with van der Waals surface area (Å²) in [6.45, 7) is 1.31. The van der Waals surface area contributed by atoms with E-state index in [1.807, 2.05) is 30.3 Å². The van der Waals surface area contributed by atoms with Gasteiger partial charge in [-0.05, 0) is 59.5 Å². The Morgan fingerprint density at radius 2 is 1.29 bits per heavy atom. The van der Waals surface area contributed by atoms with E-state index in [0.717, 1.165) is 40.1 Å². The molecule has 2 aromatic rings. The van der Waals surface area contributed by atoms with Crippen LogP contribution in [0.3, 0.4) is 0 Å². The minimum absolute atomic E-state index is 0.373. The molecule has 0 unspecified atom stereocenters. The maximum absolute atomic E-state index is 12.7. The van der Waals surface area contributed by atoms with E-state index in [9.17, 15) is 8.42 Å². The van der Waals surface area contributed by atoms with Gasteiger partial charge in [-0.3, -0.25) is 0 Å². The van der Waals surface area contributed by atoms with Crippen molar-refractivity contribution in [3.05, 3.63) is 40.0 Å². The first-order chi connectivity index (χ1) is 13.6. The van der Waals surface area contributed by atoms with Crippen molar-refractivity contribution >= 4 is 43.4 Å². The first kappa shape index (κ1) is 23.6. The van der Waals surface area contributed by atoms with Gasteiger partial charge in [0.1, 0.15) is 0 Å². The number of nitrogens with two attached hydrogens (primary N) is 1. The Kier molecular flexibility index (Phi) is 10.8. The molecular weight excluding hydrogens is 483 g/mol. The second-order valence-corrected chi connectivity index (χ2v) is 10.2. The lowest BCUT2D eigenvalue weighted by Gasteiger charge is -2.10. The Balaban J connectivity index is 1.67. The number of hydrogen-bond donors (Lipinski definition) is 2. The molecule has 0 aliphatic rings. The monoisotopic (exact) mass is 516 g/mol. The van der Waals surface area contributed by atoms with E-state index >= 15 is 0 Å². The minimum Gasteiger partial charge on any atom is -0.330 e. The van der Waals surface area contributed by atoms with E-state index in [0.29, 0.717) is 11.4 Å². The summed E-state index contributed by atoms with van der Waals surface area (Å²) in [6.07, 6.45) is 12.0. The van der Waals surface area contributed by atoms with Crippen LogP contribution < -0.4 is 10.5 Å². The summed E-state index contributed by atoms with van der Waals surface area (Å²) in [5.74, 6) is 0. The molecule has 0 aliphatic carbocycles. The van der Waals surface area contributed by atoms with Gasteiger partial charge in [-0.15, -0.1) is 0 Å². The van der Waals surface area contributed by atoms with Crippen molar-refractivity contribution < 1.29 is 8.42 Å². The van der Waals surface area contributed by atoms with Crippen molar-refractivity contribution in [3.63, 3.8) is 0 Å². The lowest BCUT2D eigenvalue weighted by atomic mass is 10.1. The fourth-order valence-corrected chi connectivity index (χ4v) is 5.42. The normalized spacial score (nSPS) is 11.9. The van der Waals surface area contributed by atoms with Crippen molar-refractivity contribution in [2.75, 3.05) is 13.1 Å².